The van der Waals surface area contributed by atoms with E-state index in [2.05, 4.69) is 15.6 Å². The zero-order chi connectivity index (χ0) is 20.3. The van der Waals surface area contributed by atoms with Gasteiger partial charge in [0.2, 0.25) is 0 Å². The van der Waals surface area contributed by atoms with Crippen molar-refractivity contribution < 1.29 is 9.21 Å². The first-order valence-corrected chi connectivity index (χ1v) is 9.55. The maximum absolute atomic E-state index is 12.5. The van der Waals surface area contributed by atoms with Crippen LogP contribution in [0.25, 0.3) is 0 Å². The molecule has 1 fully saturated rings. The molecule has 28 heavy (non-hydrogen) atoms. The average molecular weight is 386 g/mol. The Labute approximate surface area is 163 Å². The number of rotatable bonds is 5. The van der Waals surface area contributed by atoms with Crippen molar-refractivity contribution in [2.75, 3.05) is 19.6 Å². The van der Waals surface area contributed by atoms with E-state index in [4.69, 9.17) is 4.42 Å². The molecule has 0 aromatic carbocycles. The summed E-state index contributed by atoms with van der Waals surface area (Å²) in [6.45, 7) is 7.54. The maximum Gasteiger partial charge on any atom is 0.349 e. The van der Waals surface area contributed by atoms with Gasteiger partial charge in [0, 0.05) is 36.9 Å². The zero-order valence-corrected chi connectivity index (χ0v) is 16.5. The summed E-state index contributed by atoms with van der Waals surface area (Å²) in [5.74, 6) is 0.283. The van der Waals surface area contributed by atoms with Gasteiger partial charge in [-0.15, -0.1) is 0 Å². The molecule has 0 spiro atoms. The fraction of sp³-hybridized carbons (Fsp3) is 0.500. The summed E-state index contributed by atoms with van der Waals surface area (Å²) in [6, 6.07) is 3.59. The summed E-state index contributed by atoms with van der Waals surface area (Å²) in [7, 11) is 0. The van der Waals surface area contributed by atoms with E-state index in [1.54, 1.807) is 26.0 Å². The standard InChI is InChI=1S/C20H26N4O4/c1-12-9-16(15-5-4-6-21-11-15)28-19(26)17(12)18(25)22-7-8-24-14(3)10-13(2)23-20(24)27/h9-10,15,21H,4-8,11H2,1-3H3,(H,22,25). The molecule has 1 amide bonds. The van der Waals surface area contributed by atoms with E-state index in [1.807, 2.05) is 6.92 Å². The largest absolute Gasteiger partial charge is 0.427 e. The van der Waals surface area contributed by atoms with Gasteiger partial charge in [-0.2, -0.15) is 4.98 Å². The number of aromatic nitrogens is 2. The Morgan fingerprint density at radius 2 is 2.11 bits per heavy atom. The van der Waals surface area contributed by atoms with Gasteiger partial charge < -0.3 is 15.1 Å². The Morgan fingerprint density at radius 1 is 1.32 bits per heavy atom. The van der Waals surface area contributed by atoms with Gasteiger partial charge in [-0.05, 0) is 57.9 Å². The highest BCUT2D eigenvalue weighted by Crippen LogP contribution is 2.23. The van der Waals surface area contributed by atoms with Gasteiger partial charge in [-0.25, -0.2) is 9.59 Å². The van der Waals surface area contributed by atoms with Crippen LogP contribution in [0.1, 0.15) is 51.8 Å². The fourth-order valence-electron chi connectivity index (χ4n) is 3.62. The van der Waals surface area contributed by atoms with Crippen LogP contribution in [0.15, 0.2) is 26.1 Å². The van der Waals surface area contributed by atoms with E-state index < -0.39 is 11.5 Å². The second-order valence-electron chi connectivity index (χ2n) is 7.27. The van der Waals surface area contributed by atoms with Crippen molar-refractivity contribution in [3.63, 3.8) is 0 Å². The molecule has 1 aliphatic rings. The third-order valence-corrected chi connectivity index (χ3v) is 5.06. The van der Waals surface area contributed by atoms with Gasteiger partial charge in [0.05, 0.1) is 0 Å². The molecule has 0 saturated carbocycles. The summed E-state index contributed by atoms with van der Waals surface area (Å²) in [5.41, 5.74) is 1.06. The molecule has 0 bridgehead atoms. The molecule has 150 valence electrons. The number of piperidine rings is 1. The van der Waals surface area contributed by atoms with Crippen LogP contribution in [-0.4, -0.2) is 35.1 Å². The van der Waals surface area contributed by atoms with Crippen LogP contribution in [0.2, 0.25) is 0 Å². The second kappa shape index (κ2) is 8.52. The molecule has 1 unspecified atom stereocenters. The summed E-state index contributed by atoms with van der Waals surface area (Å²) >= 11 is 0. The number of carbonyl (C=O) groups is 1. The molecule has 3 heterocycles. The van der Waals surface area contributed by atoms with E-state index in [1.165, 1.54) is 4.57 Å². The Hall–Kier alpha value is -2.74. The fourth-order valence-corrected chi connectivity index (χ4v) is 3.62. The lowest BCUT2D eigenvalue weighted by Gasteiger charge is -2.22. The summed E-state index contributed by atoms with van der Waals surface area (Å²) < 4.78 is 6.93. The van der Waals surface area contributed by atoms with Crippen LogP contribution in [0.5, 0.6) is 0 Å². The van der Waals surface area contributed by atoms with Gasteiger partial charge >= 0.3 is 11.3 Å². The van der Waals surface area contributed by atoms with Crippen LogP contribution < -0.4 is 21.9 Å². The molecule has 0 radical (unpaired) electrons. The molecule has 2 N–H and O–H groups in total. The first kappa shape index (κ1) is 20.0. The van der Waals surface area contributed by atoms with E-state index in [0.29, 0.717) is 17.0 Å². The van der Waals surface area contributed by atoms with Crippen LogP contribution >= 0.6 is 0 Å². The lowest BCUT2D eigenvalue weighted by Crippen LogP contribution is -2.35. The lowest BCUT2D eigenvalue weighted by atomic mass is 9.95. The number of aryl methyl sites for hydroxylation is 3. The number of hydrogen-bond acceptors (Lipinski definition) is 6. The summed E-state index contributed by atoms with van der Waals surface area (Å²) in [4.78, 5) is 40.8. The molecule has 2 aromatic heterocycles. The summed E-state index contributed by atoms with van der Waals surface area (Å²) in [6.07, 6.45) is 1.99. The van der Waals surface area contributed by atoms with Crippen LogP contribution in [-0.2, 0) is 6.54 Å². The Morgan fingerprint density at radius 3 is 2.75 bits per heavy atom. The van der Waals surface area contributed by atoms with Gasteiger partial charge in [0.25, 0.3) is 5.91 Å². The van der Waals surface area contributed by atoms with E-state index in [0.717, 1.165) is 31.6 Å². The third kappa shape index (κ3) is 4.39. The predicted octanol–water partition coefficient (Wildman–Crippen LogP) is 1.02. The highest BCUT2D eigenvalue weighted by molar-refractivity contribution is 5.95. The van der Waals surface area contributed by atoms with Crippen molar-refractivity contribution >= 4 is 5.91 Å². The van der Waals surface area contributed by atoms with Gasteiger partial charge in [0.1, 0.15) is 11.3 Å². The topological polar surface area (TPSA) is 106 Å². The lowest BCUT2D eigenvalue weighted by molar-refractivity contribution is 0.0946. The molecule has 1 atom stereocenters. The Balaban J connectivity index is 1.69. The van der Waals surface area contributed by atoms with Gasteiger partial charge in [-0.1, -0.05) is 0 Å². The zero-order valence-electron chi connectivity index (χ0n) is 16.5. The number of nitrogens with one attached hydrogen (secondary N) is 2. The van der Waals surface area contributed by atoms with Crippen molar-refractivity contribution in [1.82, 2.24) is 20.2 Å². The number of hydrogen-bond donors (Lipinski definition) is 2. The minimum atomic E-state index is -0.622. The van der Waals surface area contributed by atoms with Gasteiger partial charge in [-0.3, -0.25) is 9.36 Å². The molecular weight excluding hydrogens is 360 g/mol. The van der Waals surface area contributed by atoms with Crippen molar-refractivity contribution in [2.45, 2.75) is 46.1 Å². The third-order valence-electron chi connectivity index (χ3n) is 5.06. The molecule has 3 rings (SSSR count). The molecule has 1 aliphatic heterocycles. The van der Waals surface area contributed by atoms with Crippen molar-refractivity contribution in [3.05, 3.63) is 61.3 Å². The number of nitrogens with zero attached hydrogens (tertiary/aromatic N) is 2. The van der Waals surface area contributed by atoms with Crippen molar-refractivity contribution in [2.24, 2.45) is 0 Å². The Bertz CT molecular complexity index is 987. The minimum Gasteiger partial charge on any atom is -0.427 e. The van der Waals surface area contributed by atoms with Crippen LogP contribution in [0.4, 0.5) is 0 Å². The summed E-state index contributed by atoms with van der Waals surface area (Å²) in [5, 5.41) is 5.99. The van der Waals surface area contributed by atoms with Crippen molar-refractivity contribution in [1.29, 1.82) is 0 Å². The average Bonchev–Trinajstić information content (AvgIpc) is 2.64. The highest BCUT2D eigenvalue weighted by atomic mass is 16.4. The smallest absolute Gasteiger partial charge is 0.349 e. The second-order valence-corrected chi connectivity index (χ2v) is 7.27. The van der Waals surface area contributed by atoms with Crippen LogP contribution in [0, 0.1) is 20.8 Å². The molecule has 1 saturated heterocycles. The monoisotopic (exact) mass is 386 g/mol. The predicted molar refractivity (Wildman–Crippen MR) is 105 cm³/mol. The normalized spacial score (nSPS) is 16.8. The van der Waals surface area contributed by atoms with E-state index in [-0.39, 0.29) is 30.3 Å². The highest BCUT2D eigenvalue weighted by Gasteiger charge is 2.22. The number of amides is 1. The first-order valence-electron chi connectivity index (χ1n) is 9.55. The van der Waals surface area contributed by atoms with Gasteiger partial charge in [0.15, 0.2) is 0 Å². The maximum atomic E-state index is 12.5. The molecular formula is C20H26N4O4. The van der Waals surface area contributed by atoms with E-state index in [9.17, 15) is 14.4 Å². The molecule has 8 heteroatoms. The molecule has 8 nitrogen and oxygen atoms in total. The quantitative estimate of drug-likeness (QED) is 0.795. The number of carbonyl (C=O) groups excluding carboxylic acids is 1. The molecule has 2 aromatic rings. The Kier molecular flexibility index (Phi) is 6.08. The van der Waals surface area contributed by atoms with E-state index >= 15 is 0 Å². The molecule has 0 aliphatic carbocycles. The van der Waals surface area contributed by atoms with Crippen molar-refractivity contribution in [3.8, 4) is 0 Å². The SMILES string of the molecule is Cc1cc(C)n(CCNC(=O)c2c(C)cc(C3CCCNC3)oc2=O)c(=O)n1. The minimum absolute atomic E-state index is 0.0126. The first-order chi connectivity index (χ1) is 13.4. The van der Waals surface area contributed by atoms with Crippen LogP contribution in [0.3, 0.4) is 0 Å².